The third-order valence-corrected chi connectivity index (χ3v) is 3.12. The first-order chi connectivity index (χ1) is 9.11. The molecule has 0 aromatic carbocycles. The van der Waals surface area contributed by atoms with Crippen molar-refractivity contribution in [1.29, 1.82) is 0 Å². The molecule has 118 valence electrons. The van der Waals surface area contributed by atoms with E-state index in [2.05, 4.69) is 4.74 Å². The van der Waals surface area contributed by atoms with Crippen LogP contribution in [0, 0.1) is 0 Å². The number of hydrogen-bond donors (Lipinski definition) is 6. The largest absolute Gasteiger partial charge is 0.480 e. The van der Waals surface area contributed by atoms with Crippen LogP contribution in [0.4, 0.5) is 8.78 Å². The number of rotatable bonds is 5. The normalized spacial score (nSPS) is 36.6. The number of aliphatic hydroxyl groups excluding tert-OH is 4. The van der Waals surface area contributed by atoms with Gasteiger partial charge in [-0.25, -0.2) is 8.78 Å². The third kappa shape index (κ3) is 3.40. The first-order valence-corrected chi connectivity index (χ1v) is 5.78. The van der Waals surface area contributed by atoms with Gasteiger partial charge >= 0.3 is 5.97 Å². The van der Waals surface area contributed by atoms with Crippen molar-refractivity contribution in [3.63, 3.8) is 0 Å². The maximum absolute atomic E-state index is 13.9. The molecule has 0 radical (unpaired) electrons. The first-order valence-electron chi connectivity index (χ1n) is 5.78. The summed E-state index contributed by atoms with van der Waals surface area (Å²) in [6.07, 6.45) is -11.0. The van der Waals surface area contributed by atoms with Crippen molar-refractivity contribution in [2.24, 2.45) is 5.73 Å². The van der Waals surface area contributed by atoms with Crippen molar-refractivity contribution in [1.82, 2.24) is 0 Å². The minimum absolute atomic E-state index is 0.859. The van der Waals surface area contributed by atoms with Crippen LogP contribution in [0.3, 0.4) is 0 Å². The van der Waals surface area contributed by atoms with Gasteiger partial charge in [0.15, 0.2) is 0 Å². The monoisotopic (exact) mass is 301 g/mol. The fraction of sp³-hybridized carbons (Fsp3) is 0.900. The topological polar surface area (TPSA) is 153 Å². The van der Waals surface area contributed by atoms with Crippen LogP contribution in [0.15, 0.2) is 0 Å². The first kappa shape index (κ1) is 17.1. The molecule has 1 fully saturated rings. The van der Waals surface area contributed by atoms with Crippen molar-refractivity contribution in [2.75, 3.05) is 6.61 Å². The van der Waals surface area contributed by atoms with Crippen LogP contribution < -0.4 is 5.73 Å². The number of alkyl halides is 2. The van der Waals surface area contributed by atoms with Gasteiger partial charge in [0.1, 0.15) is 36.6 Å². The van der Waals surface area contributed by atoms with Gasteiger partial charge in [0.05, 0.1) is 6.61 Å². The number of aliphatic carboxylic acids is 1. The number of carboxylic acid groups (broad SMARTS) is 1. The minimum Gasteiger partial charge on any atom is -0.480 e. The smallest absolute Gasteiger partial charge is 0.320 e. The number of carboxylic acids is 1. The quantitative estimate of drug-likeness (QED) is 0.320. The molecule has 20 heavy (non-hydrogen) atoms. The van der Waals surface area contributed by atoms with Crippen LogP contribution in [0.2, 0.25) is 0 Å². The van der Waals surface area contributed by atoms with Crippen molar-refractivity contribution < 1.29 is 43.8 Å². The lowest BCUT2D eigenvalue weighted by Crippen LogP contribution is -2.63. The highest BCUT2D eigenvalue weighted by Crippen LogP contribution is 2.34. The number of nitrogens with two attached hydrogens (primary N) is 1. The van der Waals surface area contributed by atoms with Crippen LogP contribution in [0.25, 0.3) is 0 Å². The van der Waals surface area contributed by atoms with Crippen molar-refractivity contribution >= 4 is 5.97 Å². The second-order valence-electron chi connectivity index (χ2n) is 4.66. The van der Waals surface area contributed by atoms with E-state index in [0.717, 1.165) is 0 Å². The van der Waals surface area contributed by atoms with Gasteiger partial charge in [-0.05, 0) is 0 Å². The van der Waals surface area contributed by atoms with Crippen LogP contribution in [0.1, 0.15) is 6.42 Å². The lowest BCUT2D eigenvalue weighted by Gasteiger charge is -2.43. The van der Waals surface area contributed by atoms with E-state index < -0.39 is 61.5 Å². The summed E-state index contributed by atoms with van der Waals surface area (Å²) >= 11 is 0. The van der Waals surface area contributed by atoms with Gasteiger partial charge in [-0.15, -0.1) is 0 Å². The van der Waals surface area contributed by atoms with Gasteiger partial charge in [0.2, 0.25) is 0 Å². The standard InChI is InChI=1S/C10H17F2NO7/c11-10(12,1-3(13)9(18)19)8-7(17)6(16)5(15)4(2-14)20-8/h3-8,14-17H,1-2,13H2,(H,18,19)/t3-,4+,5-,6-,7+,8-/m0/s1. The second kappa shape index (κ2) is 6.24. The second-order valence-corrected chi connectivity index (χ2v) is 4.66. The highest BCUT2D eigenvalue weighted by molar-refractivity contribution is 5.73. The summed E-state index contributed by atoms with van der Waals surface area (Å²) in [6, 6.07) is -1.89. The number of hydrogen-bond acceptors (Lipinski definition) is 7. The lowest BCUT2D eigenvalue weighted by atomic mass is 9.89. The van der Waals surface area contributed by atoms with E-state index in [1.54, 1.807) is 0 Å². The van der Waals surface area contributed by atoms with Crippen molar-refractivity contribution in [3.05, 3.63) is 0 Å². The van der Waals surface area contributed by atoms with E-state index in [1.807, 2.05) is 0 Å². The van der Waals surface area contributed by atoms with E-state index in [4.69, 9.17) is 15.9 Å². The molecule has 0 aliphatic carbocycles. The number of halogens is 2. The van der Waals surface area contributed by atoms with Crippen LogP contribution in [-0.2, 0) is 9.53 Å². The van der Waals surface area contributed by atoms with E-state index in [0.29, 0.717) is 0 Å². The molecular formula is C10H17F2NO7. The van der Waals surface area contributed by atoms with Gasteiger partial charge in [-0.1, -0.05) is 0 Å². The van der Waals surface area contributed by atoms with E-state index in [9.17, 15) is 28.9 Å². The molecule has 7 N–H and O–H groups in total. The lowest BCUT2D eigenvalue weighted by molar-refractivity contribution is -0.282. The van der Waals surface area contributed by atoms with Gasteiger partial charge in [-0.3, -0.25) is 4.79 Å². The third-order valence-electron chi connectivity index (χ3n) is 3.12. The van der Waals surface area contributed by atoms with E-state index in [1.165, 1.54) is 0 Å². The Hall–Kier alpha value is -0.910. The molecule has 0 aromatic rings. The summed E-state index contributed by atoms with van der Waals surface area (Å²) in [4.78, 5) is 10.5. The zero-order valence-electron chi connectivity index (χ0n) is 10.3. The summed E-state index contributed by atoms with van der Waals surface area (Å²) < 4.78 is 32.4. The summed E-state index contributed by atoms with van der Waals surface area (Å²) in [5.41, 5.74) is 5.01. The Balaban J connectivity index is 2.89. The maximum Gasteiger partial charge on any atom is 0.320 e. The summed E-state index contributed by atoms with van der Waals surface area (Å²) in [6.45, 7) is -0.859. The van der Waals surface area contributed by atoms with Crippen LogP contribution in [-0.4, -0.2) is 80.6 Å². The molecule has 1 heterocycles. The van der Waals surface area contributed by atoms with Crippen molar-refractivity contribution in [3.8, 4) is 0 Å². The Labute approximate surface area is 112 Å². The summed E-state index contributed by atoms with van der Waals surface area (Å²) in [7, 11) is 0. The summed E-state index contributed by atoms with van der Waals surface area (Å²) in [5.74, 6) is -5.53. The highest BCUT2D eigenvalue weighted by atomic mass is 19.3. The zero-order valence-corrected chi connectivity index (χ0v) is 10.3. The fourth-order valence-corrected chi connectivity index (χ4v) is 1.95. The molecule has 0 aromatic heterocycles. The summed E-state index contributed by atoms with van der Waals surface area (Å²) in [5, 5.41) is 45.8. The minimum atomic E-state index is -3.87. The maximum atomic E-state index is 13.9. The molecule has 1 aliphatic heterocycles. The highest BCUT2D eigenvalue weighted by Gasteiger charge is 2.55. The molecule has 10 heteroatoms. The Morgan fingerprint density at radius 2 is 1.80 bits per heavy atom. The van der Waals surface area contributed by atoms with Gasteiger partial charge in [0, 0.05) is 6.42 Å². The molecule has 0 unspecified atom stereocenters. The fourth-order valence-electron chi connectivity index (χ4n) is 1.95. The Kier molecular flexibility index (Phi) is 5.35. The molecule has 1 aliphatic rings. The predicted octanol–water partition coefficient (Wildman–Crippen LogP) is -2.73. The molecule has 1 rings (SSSR count). The Morgan fingerprint density at radius 1 is 1.25 bits per heavy atom. The van der Waals surface area contributed by atoms with E-state index in [-0.39, 0.29) is 0 Å². The van der Waals surface area contributed by atoms with Gasteiger partial charge < -0.3 is 36.0 Å². The average Bonchev–Trinajstić information content (AvgIpc) is 2.35. The number of aliphatic hydroxyl groups is 4. The molecule has 8 nitrogen and oxygen atoms in total. The SMILES string of the molecule is N[C@@H](CC(F)(F)[C@H]1O[C@H](CO)[C@H](O)[C@H](O)[C@H]1O)C(=O)O. The molecular weight excluding hydrogens is 284 g/mol. The average molecular weight is 301 g/mol. The van der Waals surface area contributed by atoms with Gasteiger partial charge in [0.25, 0.3) is 5.92 Å². The van der Waals surface area contributed by atoms with Crippen LogP contribution in [0.5, 0.6) is 0 Å². The van der Waals surface area contributed by atoms with Crippen molar-refractivity contribution in [2.45, 2.75) is 48.9 Å². The van der Waals surface area contributed by atoms with Crippen LogP contribution >= 0.6 is 0 Å². The van der Waals surface area contributed by atoms with Gasteiger partial charge in [-0.2, -0.15) is 0 Å². The van der Waals surface area contributed by atoms with E-state index >= 15 is 0 Å². The Morgan fingerprint density at radius 3 is 2.25 bits per heavy atom. The molecule has 0 saturated carbocycles. The molecule has 0 bridgehead atoms. The predicted molar refractivity (Wildman–Crippen MR) is 58.9 cm³/mol. The number of carbonyl (C=O) groups is 1. The number of ether oxygens (including phenoxy) is 1. The molecule has 0 spiro atoms. The Bertz CT molecular complexity index is 354. The zero-order chi connectivity index (χ0) is 15.7. The molecule has 1 saturated heterocycles. The molecule has 6 atom stereocenters. The molecule has 0 amide bonds.